The number of carboxylic acids is 2. The molecule has 4 nitrogen and oxygen atoms in total. The smallest absolute Gasteiger partial charge is 0.330 e. The summed E-state index contributed by atoms with van der Waals surface area (Å²) < 4.78 is 0. The van der Waals surface area contributed by atoms with E-state index < -0.39 is 68.7 Å². The van der Waals surface area contributed by atoms with Crippen molar-refractivity contribution in [2.24, 2.45) is 0 Å². The second-order valence-corrected chi connectivity index (χ2v) is 9.03. The Morgan fingerprint density at radius 3 is 0.793 bits per heavy atom. The van der Waals surface area contributed by atoms with Crippen LogP contribution in [0.1, 0.15) is 11.1 Å². The van der Waals surface area contributed by atoms with Gasteiger partial charge in [0.25, 0.3) is 0 Å². The molecule has 0 aromatic heterocycles. The van der Waals surface area contributed by atoms with E-state index in [2.05, 4.69) is 0 Å². The maximum atomic E-state index is 12.4. The van der Waals surface area contributed by atoms with Gasteiger partial charge in [-0.1, -0.05) is 116 Å². The van der Waals surface area contributed by atoms with E-state index in [0.29, 0.717) is 0 Å². The number of hydrogen-bond acceptors (Lipinski definition) is 2. The Labute approximate surface area is 213 Å². The molecule has 2 N–H and O–H groups in total. The lowest BCUT2D eigenvalue weighted by molar-refractivity contribution is -0.155. The number of rotatable bonds is 4. The van der Waals surface area contributed by atoms with Crippen LogP contribution in [0.4, 0.5) is 0 Å². The van der Waals surface area contributed by atoms with Crippen LogP contribution in [0.2, 0.25) is 50.2 Å². The van der Waals surface area contributed by atoms with Crippen molar-refractivity contribution in [2.75, 3.05) is 0 Å². The number of benzene rings is 2. The van der Waals surface area contributed by atoms with Gasteiger partial charge < -0.3 is 10.2 Å². The Morgan fingerprint density at radius 1 is 0.448 bits per heavy atom. The van der Waals surface area contributed by atoms with E-state index in [4.69, 9.17) is 116 Å². The highest BCUT2D eigenvalue weighted by Crippen LogP contribution is 2.55. The molecule has 0 spiro atoms. The molecule has 0 radical (unpaired) electrons. The third-order valence-corrected chi connectivity index (χ3v) is 8.36. The summed E-state index contributed by atoms with van der Waals surface area (Å²) in [4.78, 5) is 24.9. The number of carboxylic acid groups (broad SMARTS) is 2. The van der Waals surface area contributed by atoms with Gasteiger partial charge in [-0.15, -0.1) is 0 Å². The zero-order valence-corrected chi connectivity index (χ0v) is 20.5. The topological polar surface area (TPSA) is 74.6 Å². The maximum absolute atomic E-state index is 12.4. The van der Waals surface area contributed by atoms with Gasteiger partial charge >= 0.3 is 11.9 Å². The third kappa shape index (κ3) is 3.74. The monoisotopic (exact) mass is 596 g/mol. The Bertz CT molecular complexity index is 938. The molecule has 0 atom stereocenters. The average Bonchev–Trinajstić information content (AvgIpc) is 2.65. The summed E-state index contributed by atoms with van der Waals surface area (Å²) in [5.74, 6) is -4.02. The van der Waals surface area contributed by atoms with Crippen LogP contribution in [0.25, 0.3) is 0 Å². The van der Waals surface area contributed by atoms with Crippen LogP contribution in [-0.2, 0) is 15.0 Å². The lowest BCUT2D eigenvalue weighted by atomic mass is 9.74. The van der Waals surface area contributed by atoms with Crippen molar-refractivity contribution < 1.29 is 19.8 Å². The van der Waals surface area contributed by atoms with Crippen molar-refractivity contribution in [3.8, 4) is 0 Å². The summed E-state index contributed by atoms with van der Waals surface area (Å²) in [6, 6.07) is 0. The summed E-state index contributed by atoms with van der Waals surface area (Å²) in [6.07, 6.45) is 0. The third-order valence-electron chi connectivity index (χ3n) is 3.81. The first-order valence-electron chi connectivity index (χ1n) is 6.75. The van der Waals surface area contributed by atoms with Crippen LogP contribution < -0.4 is 0 Å². The molecule has 2 aromatic rings. The Kier molecular flexibility index (Phi) is 7.95. The molecule has 14 heteroatoms. The van der Waals surface area contributed by atoms with Gasteiger partial charge in [-0.25, -0.2) is 0 Å². The normalized spacial score (nSPS) is 11.7. The van der Waals surface area contributed by atoms with E-state index in [1.807, 2.05) is 0 Å². The van der Waals surface area contributed by atoms with Crippen molar-refractivity contribution in [3.05, 3.63) is 61.4 Å². The van der Waals surface area contributed by atoms with E-state index in [-0.39, 0.29) is 10.0 Å². The molecule has 29 heavy (non-hydrogen) atoms. The molecule has 0 bridgehead atoms. The molecule has 0 unspecified atom stereocenters. The summed E-state index contributed by atoms with van der Waals surface area (Å²) in [5, 5.41) is 15.1. The van der Waals surface area contributed by atoms with Crippen LogP contribution >= 0.6 is 116 Å². The van der Waals surface area contributed by atoms with Gasteiger partial charge in [-0.05, 0) is 0 Å². The van der Waals surface area contributed by atoms with Crippen molar-refractivity contribution in [1.82, 2.24) is 0 Å². The summed E-state index contributed by atoms with van der Waals surface area (Å²) in [6.45, 7) is 0. The molecule has 2 rings (SSSR count). The Hall–Kier alpha value is 0.280. The molecule has 0 saturated carbocycles. The van der Waals surface area contributed by atoms with Crippen molar-refractivity contribution in [3.63, 3.8) is 0 Å². The van der Waals surface area contributed by atoms with Crippen LogP contribution in [0.3, 0.4) is 0 Å². The van der Waals surface area contributed by atoms with Gasteiger partial charge in [0.15, 0.2) is 0 Å². The van der Waals surface area contributed by atoms with E-state index in [1.165, 1.54) is 0 Å². The number of aliphatic carboxylic acids is 2. The largest absolute Gasteiger partial charge is 0.480 e. The predicted octanol–water partition coefficient (Wildman–Crippen LogP) is 8.68. The fourth-order valence-corrected chi connectivity index (χ4v) is 5.36. The molecule has 0 fully saturated rings. The van der Waals surface area contributed by atoms with E-state index in [1.54, 1.807) is 0 Å². The first kappa shape index (κ1) is 25.5. The van der Waals surface area contributed by atoms with Crippen molar-refractivity contribution >= 4 is 128 Å². The van der Waals surface area contributed by atoms with Crippen LogP contribution in [0.5, 0.6) is 0 Å². The van der Waals surface area contributed by atoms with Gasteiger partial charge in [0.1, 0.15) is 0 Å². The summed E-state index contributed by atoms with van der Waals surface area (Å²) in [5.41, 5.74) is -4.69. The number of carbonyl (C=O) groups is 2. The standard InChI is InChI=1S/C15H2Cl10O4/c16-3-1(4(17)8(21)11(24)7(3)20)15(13(26)27,14(28)29)2-5(18)9(22)12(25)10(23)6(2)19/h(H,26,27)(H,28,29). The number of halogens is 10. The van der Waals surface area contributed by atoms with Gasteiger partial charge in [0.05, 0.1) is 50.2 Å². The molecule has 156 valence electrons. The van der Waals surface area contributed by atoms with Crippen molar-refractivity contribution in [1.29, 1.82) is 0 Å². The zero-order valence-electron chi connectivity index (χ0n) is 13.0. The van der Waals surface area contributed by atoms with Gasteiger partial charge in [0, 0.05) is 11.1 Å². The summed E-state index contributed by atoms with van der Waals surface area (Å²) >= 11 is 60.4. The fraction of sp³-hybridized carbons (Fsp3) is 0.0667. The highest BCUT2D eigenvalue weighted by molar-refractivity contribution is 6.57. The average molecular weight is 601 g/mol. The Balaban J connectivity index is 3.29. The summed E-state index contributed by atoms with van der Waals surface area (Å²) in [7, 11) is 0. The SMILES string of the molecule is O=C(O)C(C(=O)O)(c1c(Cl)c(Cl)c(Cl)c(Cl)c1Cl)c1c(Cl)c(Cl)c(Cl)c(Cl)c1Cl. The second kappa shape index (κ2) is 9.03. The first-order valence-corrected chi connectivity index (χ1v) is 10.5. The second-order valence-electron chi connectivity index (χ2n) is 5.25. The minimum Gasteiger partial charge on any atom is -0.480 e. The van der Waals surface area contributed by atoms with Gasteiger partial charge in [-0.2, -0.15) is 0 Å². The van der Waals surface area contributed by atoms with Crippen LogP contribution in [0.15, 0.2) is 0 Å². The van der Waals surface area contributed by atoms with E-state index >= 15 is 0 Å². The molecule has 2 aromatic carbocycles. The highest BCUT2D eigenvalue weighted by atomic mass is 35.5. The lowest BCUT2D eigenvalue weighted by Crippen LogP contribution is -2.46. The van der Waals surface area contributed by atoms with Gasteiger partial charge in [0.2, 0.25) is 5.41 Å². The molecular weight excluding hydrogens is 599 g/mol. The molecule has 0 aliphatic heterocycles. The molecule has 0 aliphatic rings. The molecular formula is C15H2Cl10O4. The van der Waals surface area contributed by atoms with Gasteiger partial charge in [-0.3, -0.25) is 9.59 Å². The van der Waals surface area contributed by atoms with Crippen LogP contribution in [-0.4, -0.2) is 22.2 Å². The van der Waals surface area contributed by atoms with E-state index in [9.17, 15) is 19.8 Å². The zero-order chi connectivity index (χ0) is 22.6. The van der Waals surface area contributed by atoms with Crippen LogP contribution in [0, 0.1) is 0 Å². The maximum Gasteiger partial charge on any atom is 0.330 e. The minimum absolute atomic E-state index is 0.332. The Morgan fingerprint density at radius 2 is 0.621 bits per heavy atom. The fourth-order valence-electron chi connectivity index (χ4n) is 2.51. The number of hydrogen-bond donors (Lipinski definition) is 2. The predicted molar refractivity (Wildman–Crippen MR) is 119 cm³/mol. The molecule has 0 heterocycles. The molecule has 0 aliphatic carbocycles. The lowest BCUT2D eigenvalue weighted by Gasteiger charge is -2.31. The van der Waals surface area contributed by atoms with Crippen molar-refractivity contribution in [2.45, 2.75) is 5.41 Å². The first-order chi connectivity index (χ1) is 13.2. The molecule has 0 amide bonds. The van der Waals surface area contributed by atoms with E-state index in [0.717, 1.165) is 0 Å². The quantitative estimate of drug-likeness (QED) is 0.209. The minimum atomic E-state index is -3.15. The molecule has 0 saturated heterocycles. The highest BCUT2D eigenvalue weighted by Gasteiger charge is 2.56.